The molecule has 3 rings (SSSR count). The zero-order chi connectivity index (χ0) is 13.8. The quantitative estimate of drug-likeness (QED) is 0.899. The number of hydrogen-bond acceptors (Lipinski definition) is 4. The Balaban J connectivity index is 1.73. The summed E-state index contributed by atoms with van der Waals surface area (Å²) in [5.74, 6) is 1.76. The molecular weight excluding hydrogens is 252 g/mol. The molecule has 0 spiro atoms. The Hall–Kier alpha value is -1.42. The molecule has 1 aromatic rings. The van der Waals surface area contributed by atoms with Gasteiger partial charge in [-0.05, 0) is 37.9 Å². The SMILES string of the molecule is CCC1CCN(c2ccc3c(c2)OCCO3)CCCN1. The molecule has 20 heavy (non-hydrogen) atoms. The first kappa shape index (κ1) is 13.6. The molecule has 1 saturated heterocycles. The molecule has 110 valence electrons. The molecule has 2 aliphatic rings. The molecule has 0 amide bonds. The molecule has 0 aliphatic carbocycles. The van der Waals surface area contributed by atoms with Gasteiger partial charge in [-0.1, -0.05) is 6.92 Å². The molecule has 1 fully saturated rings. The zero-order valence-corrected chi connectivity index (χ0v) is 12.2. The molecule has 0 radical (unpaired) electrons. The molecule has 0 saturated carbocycles. The lowest BCUT2D eigenvalue weighted by Gasteiger charge is -2.31. The van der Waals surface area contributed by atoms with Crippen molar-refractivity contribution < 1.29 is 9.47 Å². The predicted molar refractivity (Wildman–Crippen MR) is 81.0 cm³/mol. The van der Waals surface area contributed by atoms with Crippen LogP contribution < -0.4 is 19.7 Å². The van der Waals surface area contributed by atoms with Crippen molar-refractivity contribution in [2.24, 2.45) is 0 Å². The van der Waals surface area contributed by atoms with Gasteiger partial charge in [-0.2, -0.15) is 0 Å². The molecule has 4 heteroatoms. The van der Waals surface area contributed by atoms with Crippen LogP contribution >= 0.6 is 0 Å². The van der Waals surface area contributed by atoms with Crippen molar-refractivity contribution in [3.8, 4) is 11.5 Å². The van der Waals surface area contributed by atoms with Crippen LogP contribution in [0.25, 0.3) is 0 Å². The highest BCUT2D eigenvalue weighted by Gasteiger charge is 2.17. The van der Waals surface area contributed by atoms with E-state index in [1.807, 2.05) is 6.07 Å². The summed E-state index contributed by atoms with van der Waals surface area (Å²) in [6.45, 7) is 6.87. The fraction of sp³-hybridized carbons (Fsp3) is 0.625. The highest BCUT2D eigenvalue weighted by molar-refractivity contribution is 5.56. The first-order valence-electron chi connectivity index (χ1n) is 7.75. The van der Waals surface area contributed by atoms with Gasteiger partial charge >= 0.3 is 0 Å². The largest absolute Gasteiger partial charge is 0.486 e. The fourth-order valence-electron chi connectivity index (χ4n) is 2.94. The number of anilines is 1. The topological polar surface area (TPSA) is 33.7 Å². The van der Waals surface area contributed by atoms with Crippen LogP contribution in [0.1, 0.15) is 26.2 Å². The van der Waals surface area contributed by atoms with Gasteiger partial charge in [-0.25, -0.2) is 0 Å². The monoisotopic (exact) mass is 276 g/mol. The third-order valence-electron chi connectivity index (χ3n) is 4.17. The van der Waals surface area contributed by atoms with Crippen molar-refractivity contribution in [3.63, 3.8) is 0 Å². The van der Waals surface area contributed by atoms with Gasteiger partial charge in [-0.15, -0.1) is 0 Å². The third-order valence-corrected chi connectivity index (χ3v) is 4.17. The second-order valence-corrected chi connectivity index (χ2v) is 5.52. The second kappa shape index (κ2) is 6.35. The highest BCUT2D eigenvalue weighted by atomic mass is 16.6. The van der Waals surface area contributed by atoms with E-state index in [1.54, 1.807) is 0 Å². The summed E-state index contributed by atoms with van der Waals surface area (Å²) >= 11 is 0. The number of fused-ring (bicyclic) bond motifs is 1. The number of hydrogen-bond donors (Lipinski definition) is 1. The summed E-state index contributed by atoms with van der Waals surface area (Å²) < 4.78 is 11.3. The molecule has 1 unspecified atom stereocenters. The van der Waals surface area contributed by atoms with Crippen molar-refractivity contribution >= 4 is 5.69 Å². The maximum absolute atomic E-state index is 5.69. The van der Waals surface area contributed by atoms with Crippen molar-refractivity contribution in [2.45, 2.75) is 32.2 Å². The molecule has 1 atom stereocenters. The van der Waals surface area contributed by atoms with Gasteiger partial charge in [0.1, 0.15) is 13.2 Å². The predicted octanol–water partition coefficient (Wildman–Crippen LogP) is 2.43. The van der Waals surface area contributed by atoms with Crippen molar-refractivity contribution in [3.05, 3.63) is 18.2 Å². The first-order chi connectivity index (χ1) is 9.86. The summed E-state index contributed by atoms with van der Waals surface area (Å²) in [5.41, 5.74) is 1.26. The minimum Gasteiger partial charge on any atom is -0.486 e. The van der Waals surface area contributed by atoms with Gasteiger partial charge in [0.25, 0.3) is 0 Å². The van der Waals surface area contributed by atoms with E-state index in [0.29, 0.717) is 19.3 Å². The highest BCUT2D eigenvalue weighted by Crippen LogP contribution is 2.34. The summed E-state index contributed by atoms with van der Waals surface area (Å²) in [5, 5.41) is 3.62. The van der Waals surface area contributed by atoms with E-state index in [1.165, 1.54) is 24.9 Å². The third kappa shape index (κ3) is 3.01. The lowest BCUT2D eigenvalue weighted by molar-refractivity contribution is 0.171. The normalized spacial score (nSPS) is 23.1. The van der Waals surface area contributed by atoms with Crippen LogP contribution in [0.4, 0.5) is 5.69 Å². The molecule has 2 heterocycles. The Morgan fingerprint density at radius 2 is 2.05 bits per heavy atom. The lowest BCUT2D eigenvalue weighted by atomic mass is 10.1. The number of rotatable bonds is 2. The Morgan fingerprint density at radius 3 is 2.90 bits per heavy atom. The van der Waals surface area contributed by atoms with Crippen LogP contribution in [0.3, 0.4) is 0 Å². The summed E-state index contributed by atoms with van der Waals surface area (Å²) in [7, 11) is 0. The minimum atomic E-state index is 0.648. The lowest BCUT2D eigenvalue weighted by Crippen LogP contribution is -2.39. The Labute approximate surface area is 121 Å². The summed E-state index contributed by atoms with van der Waals surface area (Å²) in [4.78, 5) is 2.47. The van der Waals surface area contributed by atoms with Crippen LogP contribution in [0.5, 0.6) is 11.5 Å². The van der Waals surface area contributed by atoms with Gasteiger partial charge in [-0.3, -0.25) is 0 Å². The van der Waals surface area contributed by atoms with Crippen LogP contribution in [-0.4, -0.2) is 38.9 Å². The van der Waals surface area contributed by atoms with Gasteiger partial charge in [0.05, 0.1) is 0 Å². The molecule has 2 aliphatic heterocycles. The average Bonchev–Trinajstić information content (AvgIpc) is 2.47. The number of benzene rings is 1. The second-order valence-electron chi connectivity index (χ2n) is 5.52. The van der Waals surface area contributed by atoms with E-state index in [2.05, 4.69) is 29.3 Å². The molecule has 0 bridgehead atoms. The maximum atomic E-state index is 5.69. The first-order valence-corrected chi connectivity index (χ1v) is 7.75. The minimum absolute atomic E-state index is 0.648. The summed E-state index contributed by atoms with van der Waals surface area (Å²) in [6.07, 6.45) is 3.59. The van der Waals surface area contributed by atoms with E-state index in [-0.39, 0.29) is 0 Å². The molecule has 1 aromatic carbocycles. The Bertz CT molecular complexity index is 450. The van der Waals surface area contributed by atoms with Gasteiger partial charge in [0, 0.05) is 30.9 Å². The maximum Gasteiger partial charge on any atom is 0.163 e. The van der Waals surface area contributed by atoms with Crippen LogP contribution in [-0.2, 0) is 0 Å². The van der Waals surface area contributed by atoms with Crippen LogP contribution in [0, 0.1) is 0 Å². The molecule has 1 N–H and O–H groups in total. The van der Waals surface area contributed by atoms with E-state index < -0.39 is 0 Å². The van der Waals surface area contributed by atoms with Crippen molar-refractivity contribution in [1.29, 1.82) is 0 Å². The number of nitrogens with zero attached hydrogens (tertiary/aromatic N) is 1. The average molecular weight is 276 g/mol. The van der Waals surface area contributed by atoms with E-state index in [4.69, 9.17) is 9.47 Å². The van der Waals surface area contributed by atoms with E-state index in [0.717, 1.165) is 31.1 Å². The van der Waals surface area contributed by atoms with Crippen LogP contribution in [0.15, 0.2) is 18.2 Å². The van der Waals surface area contributed by atoms with Crippen molar-refractivity contribution in [2.75, 3.05) is 37.7 Å². The standard InChI is InChI=1S/C16H24N2O2/c1-2-13-6-9-18(8-3-7-17-13)14-4-5-15-16(12-14)20-11-10-19-15/h4-5,12-13,17H,2-3,6-11H2,1H3. The fourth-order valence-corrected chi connectivity index (χ4v) is 2.94. The van der Waals surface area contributed by atoms with E-state index in [9.17, 15) is 0 Å². The van der Waals surface area contributed by atoms with Gasteiger partial charge in [0.2, 0.25) is 0 Å². The smallest absolute Gasteiger partial charge is 0.163 e. The number of ether oxygens (including phenoxy) is 2. The van der Waals surface area contributed by atoms with Gasteiger partial charge < -0.3 is 19.7 Å². The molecular formula is C16H24N2O2. The van der Waals surface area contributed by atoms with Crippen molar-refractivity contribution in [1.82, 2.24) is 5.32 Å². The zero-order valence-electron chi connectivity index (χ0n) is 12.2. The molecule has 4 nitrogen and oxygen atoms in total. The Morgan fingerprint density at radius 1 is 1.20 bits per heavy atom. The number of nitrogens with one attached hydrogen (secondary N) is 1. The van der Waals surface area contributed by atoms with Crippen LogP contribution in [0.2, 0.25) is 0 Å². The molecule has 0 aromatic heterocycles. The summed E-state index contributed by atoms with van der Waals surface area (Å²) in [6, 6.07) is 6.97. The van der Waals surface area contributed by atoms with E-state index >= 15 is 0 Å². The van der Waals surface area contributed by atoms with Gasteiger partial charge in [0.15, 0.2) is 11.5 Å². The Kier molecular flexibility index (Phi) is 4.31.